The van der Waals surface area contributed by atoms with Crippen molar-refractivity contribution in [1.82, 2.24) is 4.57 Å². The molecule has 3 rings (SSSR count). The molecule has 8 nitrogen and oxygen atoms in total. The van der Waals surface area contributed by atoms with Crippen molar-refractivity contribution in [3.63, 3.8) is 0 Å². The van der Waals surface area contributed by atoms with Crippen molar-refractivity contribution in [2.75, 3.05) is 0 Å². The van der Waals surface area contributed by atoms with E-state index < -0.39 is 17.4 Å². The Balaban J connectivity index is 2.10. The van der Waals surface area contributed by atoms with E-state index >= 15 is 0 Å². The lowest BCUT2D eigenvalue weighted by molar-refractivity contribution is 0.0697. The number of hydrogen-bond donors (Lipinski definition) is 2. The van der Waals surface area contributed by atoms with Gasteiger partial charge in [0.05, 0.1) is 17.8 Å². The van der Waals surface area contributed by atoms with Gasteiger partial charge in [-0.05, 0) is 30.7 Å². The van der Waals surface area contributed by atoms with Crippen molar-refractivity contribution in [3.8, 4) is 11.9 Å². The van der Waals surface area contributed by atoms with Gasteiger partial charge < -0.3 is 10.2 Å². The van der Waals surface area contributed by atoms with Gasteiger partial charge in [0.2, 0.25) is 5.88 Å². The van der Waals surface area contributed by atoms with Crippen molar-refractivity contribution in [1.29, 1.82) is 5.26 Å². The van der Waals surface area contributed by atoms with E-state index in [2.05, 4.69) is 10.2 Å². The molecular weight excluding hydrogens is 372 g/mol. The molecule has 0 radical (unpaired) electrons. The van der Waals surface area contributed by atoms with Gasteiger partial charge in [-0.3, -0.25) is 9.36 Å². The zero-order valence-electron chi connectivity index (χ0n) is 15.4. The fourth-order valence-electron chi connectivity index (χ4n) is 2.78. The number of carboxylic acids is 1. The molecule has 0 amide bonds. The molecule has 1 aromatic heterocycles. The van der Waals surface area contributed by atoms with Crippen LogP contribution in [-0.2, 0) is 6.54 Å². The standard InChI is InChI=1S/C21H16N4O4/c1-13-17(11-22)19(26)25(12-14-6-3-2-4-7-14)20(27)18(13)24-23-16-9-5-8-15(10-16)21(28)29/h2-10,26H,12H2,1H3,(H,28,29). The second kappa shape index (κ2) is 8.19. The van der Waals surface area contributed by atoms with Crippen LogP contribution in [0.5, 0.6) is 5.88 Å². The fraction of sp³-hybridized carbons (Fsp3) is 0.0952. The van der Waals surface area contributed by atoms with Crippen LogP contribution in [0.25, 0.3) is 0 Å². The van der Waals surface area contributed by atoms with Gasteiger partial charge in [0, 0.05) is 5.56 Å². The van der Waals surface area contributed by atoms with Gasteiger partial charge in [-0.1, -0.05) is 36.4 Å². The maximum atomic E-state index is 12.9. The van der Waals surface area contributed by atoms with Gasteiger partial charge in [-0.15, -0.1) is 5.11 Å². The third kappa shape index (κ3) is 4.04. The van der Waals surface area contributed by atoms with Gasteiger partial charge in [0.1, 0.15) is 11.6 Å². The molecule has 2 aromatic carbocycles. The topological polar surface area (TPSA) is 128 Å². The van der Waals surface area contributed by atoms with E-state index in [1.165, 1.54) is 25.1 Å². The molecule has 0 fully saturated rings. The smallest absolute Gasteiger partial charge is 0.335 e. The van der Waals surface area contributed by atoms with Crippen molar-refractivity contribution in [3.05, 3.63) is 87.2 Å². The fourth-order valence-corrected chi connectivity index (χ4v) is 2.78. The first-order valence-corrected chi connectivity index (χ1v) is 8.58. The second-order valence-corrected chi connectivity index (χ2v) is 6.22. The Labute approximate surface area is 165 Å². The summed E-state index contributed by atoms with van der Waals surface area (Å²) in [7, 11) is 0. The minimum absolute atomic E-state index is 0.0306. The number of carbonyl (C=O) groups is 1. The van der Waals surface area contributed by atoms with Crippen molar-refractivity contribution < 1.29 is 15.0 Å². The largest absolute Gasteiger partial charge is 0.493 e. The summed E-state index contributed by atoms with van der Waals surface area (Å²) in [5.74, 6) is -1.55. The number of pyridine rings is 1. The van der Waals surface area contributed by atoms with E-state index in [9.17, 15) is 20.0 Å². The van der Waals surface area contributed by atoms with Crippen LogP contribution in [0.1, 0.15) is 27.0 Å². The second-order valence-electron chi connectivity index (χ2n) is 6.22. The molecule has 0 bridgehead atoms. The molecule has 0 aliphatic carbocycles. The molecule has 0 atom stereocenters. The zero-order chi connectivity index (χ0) is 21.0. The van der Waals surface area contributed by atoms with E-state index in [4.69, 9.17) is 5.11 Å². The van der Waals surface area contributed by atoms with Crippen LogP contribution < -0.4 is 5.56 Å². The summed E-state index contributed by atoms with van der Waals surface area (Å²) >= 11 is 0. The van der Waals surface area contributed by atoms with Crippen LogP contribution >= 0.6 is 0 Å². The molecule has 144 valence electrons. The summed E-state index contributed by atoms with van der Waals surface area (Å²) in [6.45, 7) is 1.55. The third-order valence-electron chi connectivity index (χ3n) is 4.31. The molecule has 0 aliphatic heterocycles. The van der Waals surface area contributed by atoms with Gasteiger partial charge in [0.25, 0.3) is 5.56 Å². The van der Waals surface area contributed by atoms with Crippen LogP contribution in [0.3, 0.4) is 0 Å². The van der Waals surface area contributed by atoms with Crippen molar-refractivity contribution >= 4 is 17.3 Å². The summed E-state index contributed by atoms with van der Waals surface area (Å²) < 4.78 is 1.06. The number of rotatable bonds is 5. The molecule has 2 N–H and O–H groups in total. The number of azo groups is 1. The monoisotopic (exact) mass is 388 g/mol. The maximum Gasteiger partial charge on any atom is 0.335 e. The molecule has 1 heterocycles. The SMILES string of the molecule is Cc1c(C#N)c(O)n(Cc2ccccc2)c(=O)c1N=Nc1cccc(C(=O)O)c1. The highest BCUT2D eigenvalue weighted by molar-refractivity contribution is 5.88. The Kier molecular flexibility index (Phi) is 5.51. The molecular formula is C21H16N4O4. The van der Waals surface area contributed by atoms with Crippen LogP contribution in [0, 0.1) is 18.3 Å². The number of nitrogens with zero attached hydrogens (tertiary/aromatic N) is 4. The number of carboxylic acid groups (broad SMARTS) is 1. The van der Waals surface area contributed by atoms with E-state index in [0.29, 0.717) is 0 Å². The highest BCUT2D eigenvalue weighted by atomic mass is 16.4. The summed E-state index contributed by atoms with van der Waals surface area (Å²) in [6, 6.07) is 16.7. The highest BCUT2D eigenvalue weighted by Crippen LogP contribution is 2.27. The average molecular weight is 388 g/mol. The number of aromatic carboxylic acids is 1. The lowest BCUT2D eigenvalue weighted by Gasteiger charge is -2.13. The summed E-state index contributed by atoms with van der Waals surface area (Å²) in [4.78, 5) is 24.0. The third-order valence-corrected chi connectivity index (χ3v) is 4.31. The molecule has 0 aliphatic rings. The number of hydrogen-bond acceptors (Lipinski definition) is 6. The molecule has 3 aromatic rings. The van der Waals surface area contributed by atoms with Crippen LogP contribution in [0.2, 0.25) is 0 Å². The van der Waals surface area contributed by atoms with Gasteiger partial charge in [0.15, 0.2) is 5.69 Å². The first-order chi connectivity index (χ1) is 13.9. The van der Waals surface area contributed by atoms with Crippen LogP contribution in [0.4, 0.5) is 11.4 Å². The number of aromatic hydroxyl groups is 1. The van der Waals surface area contributed by atoms with E-state index in [1.807, 2.05) is 12.1 Å². The molecule has 0 spiro atoms. The number of nitriles is 1. The molecule has 8 heteroatoms. The maximum absolute atomic E-state index is 12.9. The Morgan fingerprint density at radius 3 is 2.52 bits per heavy atom. The summed E-state index contributed by atoms with van der Waals surface area (Å²) in [5, 5.41) is 36.8. The van der Waals surface area contributed by atoms with Crippen LogP contribution in [0.15, 0.2) is 69.6 Å². The predicted octanol–water partition coefficient (Wildman–Crippen LogP) is 3.90. The lowest BCUT2D eigenvalue weighted by atomic mass is 10.1. The number of benzene rings is 2. The molecule has 29 heavy (non-hydrogen) atoms. The average Bonchev–Trinajstić information content (AvgIpc) is 2.72. The Hall–Kier alpha value is -4.25. The Bertz CT molecular complexity index is 1210. The Morgan fingerprint density at radius 1 is 1.14 bits per heavy atom. The molecule has 0 saturated heterocycles. The predicted molar refractivity (Wildman–Crippen MR) is 105 cm³/mol. The first-order valence-electron chi connectivity index (χ1n) is 8.58. The van der Waals surface area contributed by atoms with Gasteiger partial charge in [-0.2, -0.15) is 10.4 Å². The van der Waals surface area contributed by atoms with Gasteiger partial charge in [-0.25, -0.2) is 4.79 Å². The summed E-state index contributed by atoms with van der Waals surface area (Å²) in [5.41, 5.74) is 0.436. The lowest BCUT2D eigenvalue weighted by Crippen LogP contribution is -2.22. The minimum Gasteiger partial charge on any atom is -0.493 e. The first kappa shape index (κ1) is 19.5. The van der Waals surface area contributed by atoms with Crippen molar-refractivity contribution in [2.24, 2.45) is 10.2 Å². The molecule has 0 unspecified atom stereocenters. The number of aromatic nitrogens is 1. The molecule has 0 saturated carbocycles. The van der Waals surface area contributed by atoms with Gasteiger partial charge >= 0.3 is 5.97 Å². The van der Waals surface area contributed by atoms with Crippen LogP contribution in [-0.4, -0.2) is 20.7 Å². The van der Waals surface area contributed by atoms with E-state index in [0.717, 1.165) is 10.1 Å². The normalized spacial score (nSPS) is 10.8. The quantitative estimate of drug-likeness (QED) is 0.641. The minimum atomic E-state index is -1.11. The van der Waals surface area contributed by atoms with E-state index in [1.54, 1.807) is 30.3 Å². The van der Waals surface area contributed by atoms with E-state index in [-0.39, 0.29) is 34.6 Å². The zero-order valence-corrected chi connectivity index (χ0v) is 15.4. The highest BCUT2D eigenvalue weighted by Gasteiger charge is 2.19. The Morgan fingerprint density at radius 2 is 1.86 bits per heavy atom. The van der Waals surface area contributed by atoms with Crippen molar-refractivity contribution in [2.45, 2.75) is 13.5 Å². The summed E-state index contributed by atoms with van der Waals surface area (Å²) in [6.07, 6.45) is 0.